The Morgan fingerprint density at radius 2 is 1.78 bits per heavy atom. The molecule has 0 unspecified atom stereocenters. The molecule has 4 rings (SSSR count). The van der Waals surface area contributed by atoms with Crippen LogP contribution in [0, 0.1) is 0 Å². The Bertz CT molecular complexity index is 1370. The maximum absolute atomic E-state index is 12.8. The highest BCUT2D eigenvalue weighted by Crippen LogP contribution is 2.26. The third-order valence-corrected chi connectivity index (χ3v) is 6.36. The van der Waals surface area contributed by atoms with E-state index in [-0.39, 0.29) is 4.90 Å². The van der Waals surface area contributed by atoms with Crippen LogP contribution in [0.15, 0.2) is 71.8 Å². The van der Waals surface area contributed by atoms with Crippen LogP contribution in [0.1, 0.15) is 20.8 Å². The molecule has 2 N–H and O–H groups in total. The molecule has 0 aliphatic rings. The molecule has 0 aliphatic heterocycles. The molecule has 0 radical (unpaired) electrons. The van der Waals surface area contributed by atoms with Crippen molar-refractivity contribution in [2.24, 2.45) is 0 Å². The molecule has 2 aromatic carbocycles. The van der Waals surface area contributed by atoms with Crippen LogP contribution in [0.4, 0.5) is 11.6 Å². The summed E-state index contributed by atoms with van der Waals surface area (Å²) >= 11 is 0. The summed E-state index contributed by atoms with van der Waals surface area (Å²) in [5, 5.41) is 7.77. The van der Waals surface area contributed by atoms with E-state index >= 15 is 0 Å². The number of rotatable bonds is 6. The van der Waals surface area contributed by atoms with E-state index in [1.165, 1.54) is 0 Å². The summed E-state index contributed by atoms with van der Waals surface area (Å²) in [4.78, 5) is 4.57. The quantitative estimate of drug-likeness (QED) is 0.455. The zero-order valence-electron chi connectivity index (χ0n) is 18.3. The number of anilines is 2. The standard InChI is InChI=1S/C23H25N5O3S/c1-23(2,3)27-32(29,30)20-10-5-7-16(13-20)21-12-11-18-15-24-22(26-28(18)21)25-17-8-6-9-19(14-17)31-4/h5-15,27H,1-4H3,(H,25,26). The molecule has 0 spiro atoms. The number of ether oxygens (including phenoxy) is 1. The topological polar surface area (TPSA) is 97.6 Å². The van der Waals surface area contributed by atoms with Gasteiger partial charge in [0.05, 0.1) is 29.4 Å². The summed E-state index contributed by atoms with van der Waals surface area (Å²) in [6.45, 7) is 5.42. The lowest BCUT2D eigenvalue weighted by Crippen LogP contribution is -2.40. The molecule has 4 aromatic rings. The van der Waals surface area contributed by atoms with Gasteiger partial charge in [-0.1, -0.05) is 18.2 Å². The molecular weight excluding hydrogens is 426 g/mol. The van der Waals surface area contributed by atoms with Crippen LogP contribution in [-0.4, -0.2) is 35.7 Å². The minimum atomic E-state index is -3.66. The number of sulfonamides is 1. The van der Waals surface area contributed by atoms with Crippen molar-refractivity contribution in [2.75, 3.05) is 12.4 Å². The Balaban J connectivity index is 1.70. The molecular formula is C23H25N5O3S. The van der Waals surface area contributed by atoms with Gasteiger partial charge in [0.1, 0.15) is 5.75 Å². The smallest absolute Gasteiger partial charge is 0.245 e. The van der Waals surface area contributed by atoms with Gasteiger partial charge in [0.15, 0.2) is 0 Å². The number of hydrogen-bond donors (Lipinski definition) is 2. The first-order valence-corrected chi connectivity index (χ1v) is 11.5. The van der Waals surface area contributed by atoms with Gasteiger partial charge in [-0.25, -0.2) is 22.6 Å². The van der Waals surface area contributed by atoms with Gasteiger partial charge < -0.3 is 10.1 Å². The zero-order chi connectivity index (χ0) is 22.9. The molecule has 32 heavy (non-hydrogen) atoms. The van der Waals surface area contributed by atoms with Crippen molar-refractivity contribution in [1.29, 1.82) is 0 Å². The summed E-state index contributed by atoms with van der Waals surface area (Å²) in [6, 6.07) is 18.1. The lowest BCUT2D eigenvalue weighted by Gasteiger charge is -2.20. The number of benzene rings is 2. The van der Waals surface area contributed by atoms with Crippen LogP contribution in [0.5, 0.6) is 5.75 Å². The third kappa shape index (κ3) is 4.74. The Hall–Kier alpha value is -3.43. The van der Waals surface area contributed by atoms with Crippen LogP contribution in [-0.2, 0) is 10.0 Å². The zero-order valence-corrected chi connectivity index (χ0v) is 19.1. The van der Waals surface area contributed by atoms with E-state index in [1.54, 1.807) is 36.0 Å². The van der Waals surface area contributed by atoms with Gasteiger partial charge in [-0.05, 0) is 57.2 Å². The lowest BCUT2D eigenvalue weighted by molar-refractivity contribution is 0.415. The molecule has 9 heteroatoms. The van der Waals surface area contributed by atoms with E-state index in [0.717, 1.165) is 28.2 Å². The fourth-order valence-electron chi connectivity index (χ4n) is 3.29. The van der Waals surface area contributed by atoms with Crippen molar-refractivity contribution in [3.8, 4) is 17.0 Å². The number of methoxy groups -OCH3 is 1. The molecule has 0 aliphatic carbocycles. The van der Waals surface area contributed by atoms with Gasteiger partial charge in [0.2, 0.25) is 16.0 Å². The largest absolute Gasteiger partial charge is 0.497 e. The minimum Gasteiger partial charge on any atom is -0.497 e. The molecule has 0 saturated heterocycles. The third-order valence-electron chi connectivity index (χ3n) is 4.61. The van der Waals surface area contributed by atoms with Gasteiger partial charge in [-0.3, -0.25) is 0 Å². The van der Waals surface area contributed by atoms with Crippen LogP contribution in [0.25, 0.3) is 16.8 Å². The SMILES string of the molecule is COc1cccc(Nc2ncc3ccc(-c4cccc(S(=O)(=O)NC(C)(C)C)c4)n3n2)c1. The molecule has 0 atom stereocenters. The first-order chi connectivity index (χ1) is 15.1. The molecule has 0 amide bonds. The second-order valence-electron chi connectivity index (χ2n) is 8.38. The number of fused-ring (bicyclic) bond motifs is 1. The first-order valence-electron chi connectivity index (χ1n) is 10.0. The number of hydrogen-bond acceptors (Lipinski definition) is 6. The second-order valence-corrected chi connectivity index (χ2v) is 10.1. The predicted octanol–water partition coefficient (Wildman–Crippen LogP) is 4.23. The summed E-state index contributed by atoms with van der Waals surface area (Å²) < 4.78 is 35.2. The van der Waals surface area contributed by atoms with Gasteiger partial charge in [0, 0.05) is 22.9 Å². The summed E-state index contributed by atoms with van der Waals surface area (Å²) in [5.74, 6) is 1.13. The molecule has 0 bridgehead atoms. The maximum atomic E-state index is 12.8. The number of aromatic nitrogens is 3. The highest BCUT2D eigenvalue weighted by Gasteiger charge is 2.22. The van der Waals surface area contributed by atoms with E-state index in [9.17, 15) is 8.42 Å². The lowest BCUT2D eigenvalue weighted by atomic mass is 10.1. The maximum Gasteiger partial charge on any atom is 0.245 e. The number of nitrogens with one attached hydrogen (secondary N) is 2. The molecule has 0 fully saturated rings. The van der Waals surface area contributed by atoms with Gasteiger partial charge in [-0.2, -0.15) is 0 Å². The predicted molar refractivity (Wildman–Crippen MR) is 125 cm³/mol. The van der Waals surface area contributed by atoms with Gasteiger partial charge >= 0.3 is 0 Å². The molecule has 0 saturated carbocycles. The Kier molecular flexibility index (Phi) is 5.62. The molecule has 2 aromatic heterocycles. The average molecular weight is 452 g/mol. The van der Waals surface area contributed by atoms with Crippen molar-refractivity contribution < 1.29 is 13.2 Å². The van der Waals surface area contributed by atoms with Crippen molar-refractivity contribution in [1.82, 2.24) is 19.3 Å². The van der Waals surface area contributed by atoms with Crippen molar-refractivity contribution >= 4 is 27.2 Å². The van der Waals surface area contributed by atoms with Crippen molar-refractivity contribution in [2.45, 2.75) is 31.2 Å². The minimum absolute atomic E-state index is 0.198. The fourth-order valence-corrected chi connectivity index (χ4v) is 4.76. The van der Waals surface area contributed by atoms with Gasteiger partial charge in [-0.15, -0.1) is 5.10 Å². The summed E-state index contributed by atoms with van der Waals surface area (Å²) in [7, 11) is -2.05. The average Bonchev–Trinajstić information content (AvgIpc) is 3.15. The Morgan fingerprint density at radius 1 is 1.00 bits per heavy atom. The van der Waals surface area contributed by atoms with Crippen molar-refractivity contribution in [3.63, 3.8) is 0 Å². The Labute approximate surface area is 187 Å². The molecule has 8 nitrogen and oxygen atoms in total. The van der Waals surface area contributed by atoms with E-state index in [0.29, 0.717) is 5.95 Å². The van der Waals surface area contributed by atoms with E-state index in [1.807, 2.05) is 63.2 Å². The highest BCUT2D eigenvalue weighted by atomic mass is 32.2. The normalized spacial score (nSPS) is 12.1. The highest BCUT2D eigenvalue weighted by molar-refractivity contribution is 7.89. The Morgan fingerprint density at radius 3 is 2.53 bits per heavy atom. The summed E-state index contributed by atoms with van der Waals surface area (Å²) in [6.07, 6.45) is 1.71. The van der Waals surface area contributed by atoms with E-state index < -0.39 is 15.6 Å². The fraction of sp³-hybridized carbons (Fsp3) is 0.217. The van der Waals surface area contributed by atoms with Gasteiger partial charge in [0.25, 0.3) is 0 Å². The summed E-state index contributed by atoms with van der Waals surface area (Å²) in [5.41, 5.74) is 2.48. The molecule has 2 heterocycles. The van der Waals surface area contributed by atoms with Crippen LogP contribution < -0.4 is 14.8 Å². The van der Waals surface area contributed by atoms with Crippen LogP contribution >= 0.6 is 0 Å². The van der Waals surface area contributed by atoms with Crippen LogP contribution in [0.3, 0.4) is 0 Å². The first kappa shape index (κ1) is 21.8. The molecule has 166 valence electrons. The van der Waals surface area contributed by atoms with E-state index in [2.05, 4.69) is 20.1 Å². The van der Waals surface area contributed by atoms with Crippen LogP contribution in [0.2, 0.25) is 0 Å². The van der Waals surface area contributed by atoms with E-state index in [4.69, 9.17) is 4.74 Å². The monoisotopic (exact) mass is 451 g/mol. The number of nitrogens with zero attached hydrogens (tertiary/aromatic N) is 3. The second kappa shape index (κ2) is 8.25. The van der Waals surface area contributed by atoms with Crippen molar-refractivity contribution in [3.05, 3.63) is 66.9 Å².